The molecule has 10 nitrogen and oxygen atoms in total. The predicted octanol–water partition coefficient (Wildman–Crippen LogP) is -6.24. The molecular weight excluding hydrogens is 418 g/mol. The summed E-state index contributed by atoms with van der Waals surface area (Å²) in [6.45, 7) is 0. The number of hydrogen-bond acceptors (Lipinski definition) is 4. The number of hydrogen-bond donors (Lipinski definition) is 4. The molecule has 4 aromatic heterocycles. The Kier molecular flexibility index (Phi) is 15.7. The Labute approximate surface area is 165 Å². The van der Waals surface area contributed by atoms with Gasteiger partial charge in [0.05, 0.1) is 0 Å². The van der Waals surface area contributed by atoms with Gasteiger partial charge in [0, 0.05) is 49.6 Å². The van der Waals surface area contributed by atoms with Crippen molar-refractivity contribution >= 4 is 0 Å². The molecule has 140 valence electrons. The Hall–Kier alpha value is -2.17. The summed E-state index contributed by atoms with van der Waals surface area (Å²) < 4.78 is 0. The number of H-pyrrole nitrogens is 4. The number of imidazole rings is 4. The van der Waals surface area contributed by atoms with Gasteiger partial charge in [-0.1, -0.05) is 0 Å². The molecule has 0 saturated carbocycles. The van der Waals surface area contributed by atoms with Crippen LogP contribution >= 0.6 is 0 Å². The van der Waals surface area contributed by atoms with Crippen LogP contribution in [0.2, 0.25) is 0 Å². The van der Waals surface area contributed by atoms with E-state index in [4.69, 9.17) is 0 Å². The van der Waals surface area contributed by atoms with Crippen molar-refractivity contribution in [1.82, 2.24) is 39.9 Å². The van der Waals surface area contributed by atoms with Gasteiger partial charge in [-0.05, 0) is 0 Å². The fourth-order valence-corrected chi connectivity index (χ4v) is 1.58. The summed E-state index contributed by atoms with van der Waals surface area (Å²) in [7, 11) is 0. The van der Waals surface area contributed by atoms with Crippen molar-refractivity contribution in [3.05, 3.63) is 49.6 Å². The van der Waals surface area contributed by atoms with E-state index in [1.807, 2.05) is 0 Å². The molecule has 4 rings (SSSR count). The zero-order valence-corrected chi connectivity index (χ0v) is 15.1. The SMILES string of the molecule is [Cl-].[Cl-].[Ni+2].[OH3+].[OH3+].c1c[nH]c(-c2ncc[nH]2)n1.c1c[nH]c(-c2ncc[nH]2)n1. The molecule has 0 atom stereocenters. The summed E-state index contributed by atoms with van der Waals surface area (Å²) in [6.07, 6.45) is 13.8. The second-order valence-corrected chi connectivity index (χ2v) is 3.75. The van der Waals surface area contributed by atoms with Crippen LogP contribution in [0.15, 0.2) is 49.6 Å². The molecule has 0 aliphatic carbocycles. The molecule has 0 aromatic carbocycles. The van der Waals surface area contributed by atoms with Gasteiger partial charge < -0.3 is 55.7 Å². The number of halogens is 2. The van der Waals surface area contributed by atoms with Crippen molar-refractivity contribution in [1.29, 1.82) is 0 Å². The molecule has 0 fully saturated rings. The van der Waals surface area contributed by atoms with Gasteiger partial charge in [-0.3, -0.25) is 0 Å². The zero-order chi connectivity index (χ0) is 13.6. The minimum absolute atomic E-state index is 0. The summed E-state index contributed by atoms with van der Waals surface area (Å²) in [5.41, 5.74) is 0. The Morgan fingerprint density at radius 3 is 0.800 bits per heavy atom. The molecule has 13 heteroatoms. The van der Waals surface area contributed by atoms with E-state index >= 15 is 0 Å². The van der Waals surface area contributed by atoms with Gasteiger partial charge in [0.1, 0.15) is 0 Å². The van der Waals surface area contributed by atoms with Crippen LogP contribution in [-0.2, 0) is 27.4 Å². The number of nitrogens with one attached hydrogen (secondary N) is 4. The van der Waals surface area contributed by atoms with E-state index in [1.54, 1.807) is 49.6 Å². The first kappa shape index (κ1) is 27.7. The van der Waals surface area contributed by atoms with Gasteiger partial charge >= 0.3 is 16.5 Å². The Morgan fingerprint density at radius 2 is 0.680 bits per heavy atom. The third-order valence-corrected chi connectivity index (χ3v) is 2.44. The van der Waals surface area contributed by atoms with E-state index in [9.17, 15) is 0 Å². The number of nitrogens with zero attached hydrogens (tertiary/aromatic N) is 4. The number of aromatic amines is 4. The van der Waals surface area contributed by atoms with Crippen molar-refractivity contribution < 1.29 is 52.3 Å². The van der Waals surface area contributed by atoms with Crippen molar-refractivity contribution in [2.75, 3.05) is 0 Å². The average Bonchev–Trinajstić information content (AvgIpc) is 3.29. The molecule has 0 saturated heterocycles. The Morgan fingerprint density at radius 1 is 0.480 bits per heavy atom. The molecule has 0 aliphatic heterocycles. The first-order chi connectivity index (χ1) is 9.93. The maximum absolute atomic E-state index is 4.01. The quantitative estimate of drug-likeness (QED) is 0.180. The minimum Gasteiger partial charge on any atom is -1.00 e. The van der Waals surface area contributed by atoms with E-state index in [-0.39, 0.29) is 52.3 Å². The van der Waals surface area contributed by atoms with Crippen molar-refractivity contribution in [3.63, 3.8) is 0 Å². The van der Waals surface area contributed by atoms with Gasteiger partial charge in [-0.15, -0.1) is 0 Å². The van der Waals surface area contributed by atoms with Crippen LogP contribution in [0.3, 0.4) is 0 Å². The number of rotatable bonds is 2. The molecule has 10 N–H and O–H groups in total. The molecule has 0 spiro atoms. The van der Waals surface area contributed by atoms with Crippen LogP contribution in [0, 0.1) is 0 Å². The largest absolute Gasteiger partial charge is 2.00 e. The van der Waals surface area contributed by atoms with Crippen LogP contribution in [-0.4, -0.2) is 39.9 Å². The normalized spacial score (nSPS) is 8.00. The van der Waals surface area contributed by atoms with Gasteiger partial charge in [0.25, 0.3) is 0 Å². The maximum Gasteiger partial charge on any atom is 2.00 e. The zero-order valence-electron chi connectivity index (χ0n) is 12.6. The van der Waals surface area contributed by atoms with Crippen LogP contribution in [0.1, 0.15) is 0 Å². The first-order valence-electron chi connectivity index (χ1n) is 5.92. The van der Waals surface area contributed by atoms with Gasteiger partial charge in [-0.25, -0.2) is 19.9 Å². The van der Waals surface area contributed by atoms with Gasteiger partial charge in [-0.2, -0.15) is 0 Å². The van der Waals surface area contributed by atoms with Crippen LogP contribution in [0.4, 0.5) is 0 Å². The summed E-state index contributed by atoms with van der Waals surface area (Å²) in [6, 6.07) is 0. The molecule has 0 aliphatic rings. The third kappa shape index (κ3) is 7.50. The van der Waals surface area contributed by atoms with E-state index < -0.39 is 0 Å². The molecule has 0 radical (unpaired) electrons. The van der Waals surface area contributed by atoms with Crippen LogP contribution < -0.4 is 24.8 Å². The molecule has 0 bridgehead atoms. The topological polar surface area (TPSA) is 181 Å². The summed E-state index contributed by atoms with van der Waals surface area (Å²) >= 11 is 0. The molecule has 25 heavy (non-hydrogen) atoms. The van der Waals surface area contributed by atoms with E-state index in [0.29, 0.717) is 0 Å². The smallest absolute Gasteiger partial charge is 1.00 e. The predicted molar refractivity (Wildman–Crippen MR) is 82.1 cm³/mol. The van der Waals surface area contributed by atoms with E-state index in [0.717, 1.165) is 23.3 Å². The van der Waals surface area contributed by atoms with Crippen molar-refractivity contribution in [2.45, 2.75) is 0 Å². The van der Waals surface area contributed by atoms with Crippen LogP contribution in [0.25, 0.3) is 23.3 Å². The summed E-state index contributed by atoms with van der Waals surface area (Å²) in [5, 5.41) is 0. The Balaban J connectivity index is -0.000000323. The minimum atomic E-state index is 0. The molecular formula is C12H18Cl2N8NiO2+2. The van der Waals surface area contributed by atoms with Crippen LogP contribution in [0.5, 0.6) is 0 Å². The van der Waals surface area contributed by atoms with E-state index in [2.05, 4.69) is 39.9 Å². The second kappa shape index (κ2) is 14.2. The fourth-order valence-electron chi connectivity index (χ4n) is 1.58. The monoisotopic (exact) mass is 434 g/mol. The molecule has 4 heterocycles. The Bertz CT molecular complexity index is 588. The maximum atomic E-state index is 4.01. The summed E-state index contributed by atoms with van der Waals surface area (Å²) in [5.74, 6) is 3.07. The number of aromatic nitrogens is 8. The summed E-state index contributed by atoms with van der Waals surface area (Å²) in [4.78, 5) is 27.8. The van der Waals surface area contributed by atoms with Crippen molar-refractivity contribution in [3.8, 4) is 23.3 Å². The molecule has 0 unspecified atom stereocenters. The molecule has 0 amide bonds. The second-order valence-electron chi connectivity index (χ2n) is 3.75. The average molecular weight is 436 g/mol. The molecule has 4 aromatic rings. The van der Waals surface area contributed by atoms with Gasteiger partial charge in [0.15, 0.2) is 23.3 Å². The first-order valence-corrected chi connectivity index (χ1v) is 5.92. The third-order valence-electron chi connectivity index (χ3n) is 2.44. The standard InChI is InChI=1S/2C6H6N4.2ClH.Ni.2H2O/c2*1-2-8-5(7-1)6-9-3-4-10-6;;;;;/h2*1-4H,(H,7,8)(H,9,10);2*1H;;2*1H2/q;;;;+2;;. The van der Waals surface area contributed by atoms with E-state index in [1.165, 1.54) is 0 Å². The van der Waals surface area contributed by atoms with Crippen molar-refractivity contribution in [2.24, 2.45) is 0 Å². The fraction of sp³-hybridized carbons (Fsp3) is 0. The van der Waals surface area contributed by atoms with Gasteiger partial charge in [0.2, 0.25) is 0 Å².